The molecule has 0 amide bonds. The lowest BCUT2D eigenvalue weighted by Crippen LogP contribution is -2.01. The minimum absolute atomic E-state index is 1.03. The van der Waals surface area contributed by atoms with Crippen molar-refractivity contribution >= 4 is 45.2 Å². The zero-order valence-corrected chi connectivity index (χ0v) is 10.8. The summed E-state index contributed by atoms with van der Waals surface area (Å²) in [5.74, 6) is 0. The van der Waals surface area contributed by atoms with Crippen molar-refractivity contribution in [3.63, 3.8) is 0 Å². The molecule has 0 radical (unpaired) electrons. The van der Waals surface area contributed by atoms with Crippen molar-refractivity contribution in [3.8, 4) is 5.69 Å². The molecular formula is C8H5I2N3. The maximum atomic E-state index is 4.21. The maximum Gasteiger partial charge on any atom is 0.105 e. The summed E-state index contributed by atoms with van der Waals surface area (Å²) in [5.41, 5.74) is 1.03. The van der Waals surface area contributed by atoms with Crippen LogP contribution >= 0.6 is 45.2 Å². The molecule has 0 atom stereocenters. The first-order valence-corrected chi connectivity index (χ1v) is 5.74. The van der Waals surface area contributed by atoms with Gasteiger partial charge in [0.25, 0.3) is 0 Å². The van der Waals surface area contributed by atoms with Gasteiger partial charge in [-0.05, 0) is 57.3 Å². The van der Waals surface area contributed by atoms with E-state index in [0.717, 1.165) is 13.0 Å². The minimum atomic E-state index is 1.03. The lowest BCUT2D eigenvalue weighted by molar-refractivity contribution is 0.847. The van der Waals surface area contributed by atoms with Gasteiger partial charge in [-0.15, -0.1) is 0 Å². The fraction of sp³-hybridized carbons (Fsp3) is 0. The third kappa shape index (κ3) is 1.85. The van der Waals surface area contributed by atoms with Gasteiger partial charge in [0, 0.05) is 9.77 Å². The highest BCUT2D eigenvalue weighted by molar-refractivity contribution is 14.1. The van der Waals surface area contributed by atoms with Crippen molar-refractivity contribution in [3.05, 3.63) is 38.0 Å². The van der Waals surface area contributed by atoms with Crippen molar-refractivity contribution in [2.24, 2.45) is 0 Å². The molecule has 3 nitrogen and oxygen atoms in total. The van der Waals surface area contributed by atoms with E-state index >= 15 is 0 Å². The van der Waals surface area contributed by atoms with Gasteiger partial charge in [-0.2, -0.15) is 5.10 Å². The van der Waals surface area contributed by atoms with Crippen LogP contribution in [0.5, 0.6) is 0 Å². The van der Waals surface area contributed by atoms with Crippen LogP contribution in [-0.4, -0.2) is 14.8 Å². The first-order valence-electron chi connectivity index (χ1n) is 3.58. The summed E-state index contributed by atoms with van der Waals surface area (Å²) in [6, 6.07) is 3.93. The Kier molecular flexibility index (Phi) is 2.82. The lowest BCUT2D eigenvalue weighted by atomic mass is 10.4. The molecule has 0 bridgehead atoms. The summed E-state index contributed by atoms with van der Waals surface area (Å²) in [6.45, 7) is 0. The lowest BCUT2D eigenvalue weighted by Gasteiger charge is -2.04. The first-order chi connectivity index (χ1) is 6.29. The average Bonchev–Trinajstić information content (AvgIpc) is 2.52. The van der Waals surface area contributed by atoms with Gasteiger partial charge in [0.1, 0.15) is 3.70 Å². The first kappa shape index (κ1) is 9.38. The molecule has 0 aliphatic rings. The molecule has 2 heterocycles. The van der Waals surface area contributed by atoms with Crippen LogP contribution in [0.25, 0.3) is 5.69 Å². The zero-order chi connectivity index (χ0) is 9.26. The molecular weight excluding hydrogens is 392 g/mol. The fourth-order valence-electron chi connectivity index (χ4n) is 0.990. The van der Waals surface area contributed by atoms with Crippen LogP contribution in [0.1, 0.15) is 0 Å². The van der Waals surface area contributed by atoms with E-state index < -0.39 is 0 Å². The number of hydrogen-bond acceptors (Lipinski definition) is 2. The van der Waals surface area contributed by atoms with E-state index in [1.54, 1.807) is 12.4 Å². The van der Waals surface area contributed by atoms with E-state index in [1.165, 1.54) is 0 Å². The molecule has 0 aromatic carbocycles. The maximum absolute atomic E-state index is 4.21. The molecule has 0 fully saturated rings. The van der Waals surface area contributed by atoms with E-state index in [-0.39, 0.29) is 0 Å². The molecule has 0 spiro atoms. The number of aromatic nitrogens is 3. The number of halogens is 2. The molecule has 2 aromatic rings. The standard InChI is InChI=1S/C8H5I2N3/c9-6-1-3-11-5-7(6)13-8(10)2-4-12-13/h1-5H. The molecule has 0 aliphatic heterocycles. The molecule has 2 aromatic heterocycles. The summed E-state index contributed by atoms with van der Waals surface area (Å²) in [7, 11) is 0. The van der Waals surface area contributed by atoms with Crippen LogP contribution in [-0.2, 0) is 0 Å². The van der Waals surface area contributed by atoms with Crippen molar-refractivity contribution < 1.29 is 0 Å². The quantitative estimate of drug-likeness (QED) is 0.693. The normalized spacial score (nSPS) is 10.3. The minimum Gasteiger partial charge on any atom is -0.262 e. The molecule has 0 saturated heterocycles. The summed E-state index contributed by atoms with van der Waals surface area (Å²) in [5, 5.41) is 4.21. The Bertz CT molecular complexity index is 425. The number of nitrogens with zero attached hydrogens (tertiary/aromatic N) is 3. The third-order valence-electron chi connectivity index (χ3n) is 1.57. The fourth-order valence-corrected chi connectivity index (χ4v) is 2.06. The van der Waals surface area contributed by atoms with Gasteiger partial charge in [0.2, 0.25) is 0 Å². The van der Waals surface area contributed by atoms with Gasteiger partial charge in [0.05, 0.1) is 18.1 Å². The summed E-state index contributed by atoms with van der Waals surface area (Å²) < 4.78 is 4.10. The molecule has 5 heteroatoms. The highest BCUT2D eigenvalue weighted by Gasteiger charge is 2.04. The Labute approximate surface area is 103 Å². The molecule has 0 aliphatic carbocycles. The van der Waals surface area contributed by atoms with E-state index in [1.807, 2.05) is 23.0 Å². The summed E-state index contributed by atoms with van der Waals surface area (Å²) >= 11 is 4.52. The molecule has 0 N–H and O–H groups in total. The summed E-state index contributed by atoms with van der Waals surface area (Å²) in [4.78, 5) is 4.07. The van der Waals surface area contributed by atoms with Crippen molar-refractivity contribution in [2.75, 3.05) is 0 Å². The van der Waals surface area contributed by atoms with Crippen LogP contribution in [0.2, 0.25) is 0 Å². The van der Waals surface area contributed by atoms with Crippen molar-refractivity contribution in [2.45, 2.75) is 0 Å². The van der Waals surface area contributed by atoms with E-state index in [4.69, 9.17) is 0 Å². The Balaban J connectivity index is 2.59. The second-order valence-electron chi connectivity index (χ2n) is 2.39. The highest BCUT2D eigenvalue weighted by Crippen LogP contribution is 2.17. The number of hydrogen-bond donors (Lipinski definition) is 0. The summed E-state index contributed by atoms with van der Waals surface area (Å²) in [6.07, 6.45) is 5.38. The van der Waals surface area contributed by atoms with Crippen LogP contribution in [0.15, 0.2) is 30.7 Å². The molecule has 66 valence electrons. The van der Waals surface area contributed by atoms with E-state index in [0.29, 0.717) is 0 Å². The third-order valence-corrected chi connectivity index (χ3v) is 3.30. The number of rotatable bonds is 1. The van der Waals surface area contributed by atoms with Gasteiger partial charge in [-0.25, -0.2) is 4.68 Å². The second kappa shape index (κ2) is 3.91. The van der Waals surface area contributed by atoms with Crippen LogP contribution in [0, 0.1) is 7.27 Å². The highest BCUT2D eigenvalue weighted by atomic mass is 127. The molecule has 0 unspecified atom stereocenters. The smallest absolute Gasteiger partial charge is 0.105 e. The van der Waals surface area contributed by atoms with Gasteiger partial charge >= 0.3 is 0 Å². The van der Waals surface area contributed by atoms with Crippen molar-refractivity contribution in [1.82, 2.24) is 14.8 Å². The van der Waals surface area contributed by atoms with Gasteiger partial charge in [0.15, 0.2) is 0 Å². The van der Waals surface area contributed by atoms with Crippen LogP contribution < -0.4 is 0 Å². The second-order valence-corrected chi connectivity index (χ2v) is 4.66. The average molecular weight is 397 g/mol. The van der Waals surface area contributed by atoms with E-state index in [2.05, 4.69) is 55.3 Å². The Morgan fingerprint density at radius 1 is 1.15 bits per heavy atom. The molecule has 13 heavy (non-hydrogen) atoms. The van der Waals surface area contributed by atoms with Crippen molar-refractivity contribution in [1.29, 1.82) is 0 Å². The predicted molar refractivity (Wildman–Crippen MR) is 66.8 cm³/mol. The monoisotopic (exact) mass is 397 g/mol. The molecule has 0 saturated carbocycles. The predicted octanol–water partition coefficient (Wildman–Crippen LogP) is 2.48. The van der Waals surface area contributed by atoms with Gasteiger partial charge in [-0.1, -0.05) is 0 Å². The topological polar surface area (TPSA) is 30.7 Å². The largest absolute Gasteiger partial charge is 0.262 e. The molecule has 2 rings (SSSR count). The van der Waals surface area contributed by atoms with E-state index in [9.17, 15) is 0 Å². The number of pyridine rings is 1. The Morgan fingerprint density at radius 3 is 2.62 bits per heavy atom. The van der Waals surface area contributed by atoms with Gasteiger partial charge < -0.3 is 0 Å². The SMILES string of the molecule is Ic1ccncc1-n1nccc1I. The van der Waals surface area contributed by atoms with Crippen LogP contribution in [0.4, 0.5) is 0 Å². The van der Waals surface area contributed by atoms with Crippen LogP contribution in [0.3, 0.4) is 0 Å². The Morgan fingerprint density at radius 2 is 2.00 bits per heavy atom. The van der Waals surface area contributed by atoms with Gasteiger partial charge in [-0.3, -0.25) is 4.98 Å². The zero-order valence-electron chi connectivity index (χ0n) is 6.48. The Hall–Kier alpha value is -0.180.